The first-order valence-electron chi connectivity index (χ1n) is 3.60. The molecule has 66 valence electrons. The van der Waals surface area contributed by atoms with E-state index in [-0.39, 0.29) is 11.2 Å². The lowest BCUT2D eigenvalue weighted by molar-refractivity contribution is 0.634. The molecule has 0 saturated heterocycles. The van der Waals surface area contributed by atoms with Gasteiger partial charge in [-0.15, -0.1) is 11.6 Å². The molecule has 0 amide bonds. The van der Waals surface area contributed by atoms with Crippen molar-refractivity contribution in [2.45, 2.75) is 13.0 Å². The molecule has 4 nitrogen and oxygen atoms in total. The second-order valence-electron chi connectivity index (χ2n) is 2.35. The van der Waals surface area contributed by atoms with E-state index in [0.717, 1.165) is 0 Å². The maximum absolute atomic E-state index is 11.0. The fraction of sp³-hybridized carbons (Fsp3) is 0.429. The van der Waals surface area contributed by atoms with Crippen LogP contribution in [-0.2, 0) is 6.54 Å². The second-order valence-corrected chi connectivity index (χ2v) is 2.72. The Labute approximate surface area is 73.8 Å². The Kier molecular flexibility index (Phi) is 3.10. The number of aromatic amines is 1. The van der Waals surface area contributed by atoms with E-state index in [9.17, 15) is 9.59 Å². The van der Waals surface area contributed by atoms with Crippen LogP contribution >= 0.6 is 11.6 Å². The first-order valence-corrected chi connectivity index (χ1v) is 4.13. The van der Waals surface area contributed by atoms with E-state index in [1.165, 1.54) is 16.8 Å². The average Bonchev–Trinajstić information content (AvgIpc) is 2.03. The van der Waals surface area contributed by atoms with Crippen LogP contribution in [0.1, 0.15) is 6.42 Å². The van der Waals surface area contributed by atoms with Gasteiger partial charge in [0.1, 0.15) is 0 Å². The van der Waals surface area contributed by atoms with Crippen molar-refractivity contribution in [1.82, 2.24) is 9.55 Å². The molecule has 0 aromatic carbocycles. The van der Waals surface area contributed by atoms with Crippen molar-refractivity contribution in [3.63, 3.8) is 0 Å². The van der Waals surface area contributed by atoms with Crippen LogP contribution in [0.25, 0.3) is 0 Å². The van der Waals surface area contributed by atoms with Gasteiger partial charge in [0.2, 0.25) is 0 Å². The van der Waals surface area contributed by atoms with E-state index >= 15 is 0 Å². The van der Waals surface area contributed by atoms with Gasteiger partial charge in [-0.05, 0) is 6.42 Å². The maximum Gasteiger partial charge on any atom is 0.328 e. The number of rotatable bonds is 3. The first kappa shape index (κ1) is 9.06. The molecule has 5 heteroatoms. The van der Waals surface area contributed by atoms with E-state index < -0.39 is 0 Å². The lowest BCUT2D eigenvalue weighted by Gasteiger charge is -2.00. The highest BCUT2D eigenvalue weighted by molar-refractivity contribution is 6.17. The Hall–Kier alpha value is -1.03. The summed E-state index contributed by atoms with van der Waals surface area (Å²) in [6.07, 6.45) is 2.18. The minimum absolute atomic E-state index is 0.373. The molecule has 0 aliphatic rings. The van der Waals surface area contributed by atoms with Gasteiger partial charge >= 0.3 is 5.69 Å². The summed E-state index contributed by atoms with van der Waals surface area (Å²) in [6.45, 7) is 0.541. The molecule has 0 aliphatic carbocycles. The van der Waals surface area contributed by atoms with Crippen molar-refractivity contribution in [1.29, 1.82) is 0 Å². The Morgan fingerprint density at radius 3 is 2.83 bits per heavy atom. The van der Waals surface area contributed by atoms with Crippen molar-refractivity contribution in [2.24, 2.45) is 0 Å². The number of aromatic nitrogens is 2. The fourth-order valence-electron chi connectivity index (χ4n) is 0.850. The predicted octanol–water partition coefficient (Wildman–Crippen LogP) is 0.166. The molecule has 1 rings (SSSR count). The third kappa shape index (κ3) is 2.23. The smallest absolute Gasteiger partial charge is 0.301 e. The van der Waals surface area contributed by atoms with E-state index in [0.29, 0.717) is 18.8 Å². The minimum atomic E-state index is -0.382. The standard InChI is InChI=1S/C7H9ClN2O2/c8-3-1-4-10-5-2-6(11)9-7(10)12/h2,5H,1,3-4H2,(H,9,11,12). The monoisotopic (exact) mass is 188 g/mol. The molecule has 0 saturated carbocycles. The molecule has 12 heavy (non-hydrogen) atoms. The van der Waals surface area contributed by atoms with Crippen LogP contribution in [0.2, 0.25) is 0 Å². The van der Waals surface area contributed by atoms with Crippen LogP contribution in [0, 0.1) is 0 Å². The largest absolute Gasteiger partial charge is 0.328 e. The zero-order valence-corrected chi connectivity index (χ0v) is 7.17. The number of nitrogens with one attached hydrogen (secondary N) is 1. The summed E-state index contributed by atoms with van der Waals surface area (Å²) in [5, 5.41) is 0. The molecule has 0 fully saturated rings. The second kappa shape index (κ2) is 4.11. The summed E-state index contributed by atoms with van der Waals surface area (Å²) in [4.78, 5) is 23.8. The van der Waals surface area contributed by atoms with Crippen LogP contribution in [0.4, 0.5) is 0 Å². The maximum atomic E-state index is 11.0. The van der Waals surface area contributed by atoms with Gasteiger partial charge in [-0.2, -0.15) is 0 Å². The van der Waals surface area contributed by atoms with Crippen molar-refractivity contribution in [3.05, 3.63) is 33.1 Å². The highest BCUT2D eigenvalue weighted by Gasteiger charge is 1.94. The van der Waals surface area contributed by atoms with E-state index in [4.69, 9.17) is 11.6 Å². The number of alkyl halides is 1. The molecule has 0 radical (unpaired) electrons. The van der Waals surface area contributed by atoms with Gasteiger partial charge in [-0.25, -0.2) is 4.79 Å². The number of hydrogen-bond acceptors (Lipinski definition) is 2. The molecule has 0 aliphatic heterocycles. The summed E-state index contributed by atoms with van der Waals surface area (Å²) < 4.78 is 1.42. The third-order valence-corrected chi connectivity index (χ3v) is 1.70. The summed E-state index contributed by atoms with van der Waals surface area (Å²) in [5.41, 5.74) is -0.755. The third-order valence-electron chi connectivity index (χ3n) is 1.43. The van der Waals surface area contributed by atoms with Crippen LogP contribution < -0.4 is 11.2 Å². The quantitative estimate of drug-likeness (QED) is 0.688. The number of H-pyrrole nitrogens is 1. The van der Waals surface area contributed by atoms with Gasteiger partial charge in [-0.3, -0.25) is 9.78 Å². The van der Waals surface area contributed by atoms with Crippen molar-refractivity contribution >= 4 is 11.6 Å². The molecule has 1 N–H and O–H groups in total. The van der Waals surface area contributed by atoms with Gasteiger partial charge in [0.15, 0.2) is 0 Å². The predicted molar refractivity (Wildman–Crippen MR) is 46.7 cm³/mol. The molecular formula is C7H9ClN2O2. The Balaban J connectivity index is 2.87. The van der Waals surface area contributed by atoms with Crippen LogP contribution in [-0.4, -0.2) is 15.4 Å². The Morgan fingerprint density at radius 1 is 1.50 bits per heavy atom. The molecule has 0 unspecified atom stereocenters. The summed E-state index contributed by atoms with van der Waals surface area (Å²) in [7, 11) is 0. The van der Waals surface area contributed by atoms with E-state index in [2.05, 4.69) is 4.98 Å². The van der Waals surface area contributed by atoms with Gasteiger partial charge < -0.3 is 4.57 Å². The fourth-order valence-corrected chi connectivity index (χ4v) is 0.970. The Bertz CT molecular complexity index is 355. The molecule has 1 aromatic rings. The van der Waals surface area contributed by atoms with Crippen LogP contribution in [0.15, 0.2) is 21.9 Å². The number of aryl methyl sites for hydroxylation is 1. The number of nitrogens with zero attached hydrogens (tertiary/aromatic N) is 1. The lowest BCUT2D eigenvalue weighted by atomic mass is 10.4. The van der Waals surface area contributed by atoms with Crippen molar-refractivity contribution < 1.29 is 0 Å². The zero-order chi connectivity index (χ0) is 8.97. The number of hydrogen-bond donors (Lipinski definition) is 1. The topological polar surface area (TPSA) is 54.9 Å². The lowest BCUT2D eigenvalue weighted by Crippen LogP contribution is -2.28. The van der Waals surface area contributed by atoms with Gasteiger partial charge in [0.25, 0.3) is 5.56 Å². The van der Waals surface area contributed by atoms with Crippen molar-refractivity contribution in [3.8, 4) is 0 Å². The summed E-state index contributed by atoms with van der Waals surface area (Å²) in [5.74, 6) is 0.506. The van der Waals surface area contributed by atoms with Gasteiger partial charge in [0, 0.05) is 24.7 Å². The van der Waals surface area contributed by atoms with Crippen molar-refractivity contribution in [2.75, 3.05) is 5.88 Å². The molecule has 0 spiro atoms. The molecular weight excluding hydrogens is 180 g/mol. The van der Waals surface area contributed by atoms with E-state index in [1.807, 2.05) is 0 Å². The SMILES string of the molecule is O=c1ccn(CCCCl)c(=O)[nH]1. The normalized spacial score (nSPS) is 10.1. The first-order chi connectivity index (χ1) is 5.74. The molecule has 0 bridgehead atoms. The zero-order valence-electron chi connectivity index (χ0n) is 6.42. The van der Waals surface area contributed by atoms with Crippen LogP contribution in [0.3, 0.4) is 0 Å². The Morgan fingerprint density at radius 2 is 2.25 bits per heavy atom. The molecule has 0 atom stereocenters. The average molecular weight is 189 g/mol. The van der Waals surface area contributed by atoms with Crippen LogP contribution in [0.5, 0.6) is 0 Å². The molecule has 1 heterocycles. The van der Waals surface area contributed by atoms with Gasteiger partial charge in [-0.1, -0.05) is 0 Å². The molecule has 1 aromatic heterocycles. The highest BCUT2D eigenvalue weighted by Crippen LogP contribution is 1.87. The summed E-state index contributed by atoms with van der Waals surface area (Å²) >= 11 is 5.45. The highest BCUT2D eigenvalue weighted by atomic mass is 35.5. The number of halogens is 1. The minimum Gasteiger partial charge on any atom is -0.301 e. The summed E-state index contributed by atoms with van der Waals surface area (Å²) in [6, 6.07) is 1.32. The van der Waals surface area contributed by atoms with Gasteiger partial charge in [0.05, 0.1) is 0 Å². The van der Waals surface area contributed by atoms with E-state index in [1.54, 1.807) is 0 Å².